The van der Waals surface area contributed by atoms with Crippen molar-refractivity contribution in [1.82, 2.24) is 5.32 Å². The van der Waals surface area contributed by atoms with Gasteiger partial charge in [-0.15, -0.1) is 11.3 Å². The fourth-order valence-electron chi connectivity index (χ4n) is 2.41. The van der Waals surface area contributed by atoms with E-state index in [1.165, 1.54) is 11.3 Å². The number of benzene rings is 2. The van der Waals surface area contributed by atoms with Crippen LogP contribution in [0.4, 0.5) is 0 Å². The standard InChI is InChI=1S/C18H16ClNO3S/c1-22-13-8-7-11(9-14(13)23-2)10-20-18(21)17-16(19)12-5-3-4-6-15(12)24-17/h3-9H,10H2,1-2H3,(H,20,21). The molecular formula is C18H16ClNO3S. The normalized spacial score (nSPS) is 10.6. The first-order valence-corrected chi connectivity index (χ1v) is 8.49. The van der Waals surface area contributed by atoms with Crippen molar-refractivity contribution >= 4 is 38.9 Å². The average Bonchev–Trinajstić information content (AvgIpc) is 2.96. The van der Waals surface area contributed by atoms with Crippen LogP contribution in [0, 0.1) is 0 Å². The molecule has 1 heterocycles. The summed E-state index contributed by atoms with van der Waals surface area (Å²) < 4.78 is 11.5. The summed E-state index contributed by atoms with van der Waals surface area (Å²) in [6.45, 7) is 0.379. The number of nitrogens with one attached hydrogen (secondary N) is 1. The van der Waals surface area contributed by atoms with E-state index in [0.717, 1.165) is 15.6 Å². The minimum atomic E-state index is -0.184. The quantitative estimate of drug-likeness (QED) is 0.727. The Labute approximate surface area is 149 Å². The number of rotatable bonds is 5. The topological polar surface area (TPSA) is 47.6 Å². The Hall–Kier alpha value is -2.24. The fraction of sp³-hybridized carbons (Fsp3) is 0.167. The lowest BCUT2D eigenvalue weighted by atomic mass is 10.2. The molecule has 0 radical (unpaired) electrons. The van der Waals surface area contributed by atoms with Crippen LogP contribution in [0.5, 0.6) is 11.5 Å². The van der Waals surface area contributed by atoms with Crippen LogP contribution in [-0.2, 0) is 6.54 Å². The number of amides is 1. The summed E-state index contributed by atoms with van der Waals surface area (Å²) >= 11 is 7.73. The van der Waals surface area contributed by atoms with Crippen LogP contribution in [0.1, 0.15) is 15.2 Å². The first-order valence-electron chi connectivity index (χ1n) is 7.30. The Morgan fingerprint density at radius 3 is 2.58 bits per heavy atom. The number of halogens is 1. The molecule has 0 aliphatic rings. The Kier molecular flexibility index (Phi) is 4.92. The maximum absolute atomic E-state index is 12.4. The van der Waals surface area contributed by atoms with Crippen LogP contribution in [0.3, 0.4) is 0 Å². The van der Waals surface area contributed by atoms with Crippen molar-refractivity contribution in [2.24, 2.45) is 0 Å². The monoisotopic (exact) mass is 361 g/mol. The SMILES string of the molecule is COc1ccc(CNC(=O)c2sc3ccccc3c2Cl)cc1OC. The number of ether oxygens (including phenoxy) is 2. The minimum absolute atomic E-state index is 0.184. The van der Waals surface area contributed by atoms with E-state index in [4.69, 9.17) is 21.1 Å². The van der Waals surface area contributed by atoms with Crippen LogP contribution < -0.4 is 14.8 Å². The number of hydrogen-bond acceptors (Lipinski definition) is 4. The zero-order valence-corrected chi connectivity index (χ0v) is 14.8. The van der Waals surface area contributed by atoms with E-state index in [2.05, 4.69) is 5.32 Å². The van der Waals surface area contributed by atoms with Crippen molar-refractivity contribution in [1.29, 1.82) is 0 Å². The summed E-state index contributed by atoms with van der Waals surface area (Å²) in [5.41, 5.74) is 0.915. The molecule has 0 unspecified atom stereocenters. The molecule has 0 saturated heterocycles. The first-order chi connectivity index (χ1) is 11.6. The molecule has 0 saturated carbocycles. The predicted molar refractivity (Wildman–Crippen MR) is 97.6 cm³/mol. The van der Waals surface area contributed by atoms with Gasteiger partial charge in [-0.1, -0.05) is 35.9 Å². The van der Waals surface area contributed by atoms with Gasteiger partial charge in [0, 0.05) is 16.6 Å². The summed E-state index contributed by atoms with van der Waals surface area (Å²) in [4.78, 5) is 13.0. The second-order valence-electron chi connectivity index (χ2n) is 5.11. The van der Waals surface area contributed by atoms with E-state index in [0.29, 0.717) is 27.9 Å². The summed E-state index contributed by atoms with van der Waals surface area (Å²) in [5.74, 6) is 1.10. The van der Waals surface area contributed by atoms with Crippen molar-refractivity contribution in [3.05, 3.63) is 57.9 Å². The Bertz CT molecular complexity index is 891. The van der Waals surface area contributed by atoms with E-state index >= 15 is 0 Å². The van der Waals surface area contributed by atoms with Gasteiger partial charge in [-0.2, -0.15) is 0 Å². The molecule has 0 spiro atoms. The second kappa shape index (κ2) is 7.11. The molecule has 2 aromatic carbocycles. The van der Waals surface area contributed by atoms with Crippen molar-refractivity contribution in [3.8, 4) is 11.5 Å². The number of methoxy groups -OCH3 is 2. The van der Waals surface area contributed by atoms with Crippen molar-refractivity contribution in [2.75, 3.05) is 14.2 Å². The summed E-state index contributed by atoms with van der Waals surface area (Å²) in [6, 6.07) is 13.2. The van der Waals surface area contributed by atoms with Crippen LogP contribution in [-0.4, -0.2) is 20.1 Å². The van der Waals surface area contributed by atoms with Gasteiger partial charge in [0.15, 0.2) is 11.5 Å². The van der Waals surface area contributed by atoms with Gasteiger partial charge < -0.3 is 14.8 Å². The molecule has 0 bridgehead atoms. The molecule has 0 aliphatic carbocycles. The third-order valence-corrected chi connectivity index (χ3v) is 5.32. The average molecular weight is 362 g/mol. The molecule has 4 nitrogen and oxygen atoms in total. The van der Waals surface area contributed by atoms with Gasteiger partial charge in [0.2, 0.25) is 0 Å². The van der Waals surface area contributed by atoms with Gasteiger partial charge in [0.25, 0.3) is 5.91 Å². The maximum atomic E-state index is 12.4. The van der Waals surface area contributed by atoms with Crippen LogP contribution in [0.25, 0.3) is 10.1 Å². The highest BCUT2D eigenvalue weighted by molar-refractivity contribution is 7.21. The smallest absolute Gasteiger partial charge is 0.263 e. The number of carbonyl (C=O) groups is 1. The third-order valence-electron chi connectivity index (χ3n) is 3.64. The molecule has 0 fully saturated rings. The number of thiophene rings is 1. The first kappa shape index (κ1) is 16.6. The molecule has 124 valence electrons. The highest BCUT2D eigenvalue weighted by Gasteiger charge is 2.16. The fourth-order valence-corrected chi connectivity index (χ4v) is 3.85. The second-order valence-corrected chi connectivity index (χ2v) is 6.54. The third kappa shape index (κ3) is 3.18. The number of hydrogen-bond donors (Lipinski definition) is 1. The van der Waals surface area contributed by atoms with Gasteiger partial charge in [0.05, 0.1) is 19.2 Å². The highest BCUT2D eigenvalue weighted by atomic mass is 35.5. The van der Waals surface area contributed by atoms with Crippen LogP contribution >= 0.6 is 22.9 Å². The van der Waals surface area contributed by atoms with Crippen LogP contribution in [0.15, 0.2) is 42.5 Å². The summed E-state index contributed by atoms with van der Waals surface area (Å²) in [6.07, 6.45) is 0. The molecule has 1 amide bonds. The lowest BCUT2D eigenvalue weighted by molar-refractivity contribution is 0.0955. The molecule has 6 heteroatoms. The lowest BCUT2D eigenvalue weighted by Crippen LogP contribution is -2.22. The summed E-state index contributed by atoms with van der Waals surface area (Å²) in [7, 11) is 3.17. The van der Waals surface area contributed by atoms with Crippen molar-refractivity contribution in [2.45, 2.75) is 6.54 Å². The van der Waals surface area contributed by atoms with Crippen molar-refractivity contribution in [3.63, 3.8) is 0 Å². The van der Waals surface area contributed by atoms with E-state index in [-0.39, 0.29) is 5.91 Å². The van der Waals surface area contributed by atoms with Gasteiger partial charge >= 0.3 is 0 Å². The molecule has 3 rings (SSSR count). The van der Waals surface area contributed by atoms with Gasteiger partial charge in [-0.25, -0.2) is 0 Å². The Morgan fingerprint density at radius 2 is 1.88 bits per heavy atom. The number of fused-ring (bicyclic) bond motifs is 1. The molecule has 1 N–H and O–H groups in total. The van der Waals surface area contributed by atoms with E-state index in [1.54, 1.807) is 14.2 Å². The van der Waals surface area contributed by atoms with Gasteiger partial charge in [-0.3, -0.25) is 4.79 Å². The Morgan fingerprint density at radius 1 is 1.12 bits per heavy atom. The predicted octanol–water partition coefficient (Wildman–Crippen LogP) is 4.50. The van der Waals surface area contributed by atoms with E-state index in [9.17, 15) is 4.79 Å². The minimum Gasteiger partial charge on any atom is -0.493 e. The molecule has 1 aromatic heterocycles. The molecule has 0 aliphatic heterocycles. The van der Waals surface area contributed by atoms with Gasteiger partial charge in [0.1, 0.15) is 4.88 Å². The Balaban J connectivity index is 1.76. The summed E-state index contributed by atoms with van der Waals surface area (Å²) in [5, 5.41) is 4.30. The largest absolute Gasteiger partial charge is 0.493 e. The molecule has 24 heavy (non-hydrogen) atoms. The maximum Gasteiger partial charge on any atom is 0.263 e. The lowest BCUT2D eigenvalue weighted by Gasteiger charge is -2.10. The van der Waals surface area contributed by atoms with Crippen LogP contribution in [0.2, 0.25) is 5.02 Å². The van der Waals surface area contributed by atoms with E-state index in [1.807, 2.05) is 42.5 Å². The van der Waals surface area contributed by atoms with Crippen molar-refractivity contribution < 1.29 is 14.3 Å². The zero-order valence-electron chi connectivity index (χ0n) is 13.3. The highest BCUT2D eigenvalue weighted by Crippen LogP contribution is 2.35. The van der Waals surface area contributed by atoms with E-state index < -0.39 is 0 Å². The van der Waals surface area contributed by atoms with Gasteiger partial charge in [-0.05, 0) is 23.8 Å². The molecule has 3 aromatic rings. The zero-order chi connectivity index (χ0) is 17.1. The molecule has 0 atom stereocenters. The molecular weight excluding hydrogens is 346 g/mol. The number of carbonyl (C=O) groups excluding carboxylic acids is 1.